The summed E-state index contributed by atoms with van der Waals surface area (Å²) in [6, 6.07) is 0. The Bertz CT molecular complexity index is 768. The fourth-order valence-corrected chi connectivity index (χ4v) is 5.92. The molecule has 5 nitrogen and oxygen atoms in total. The van der Waals surface area contributed by atoms with E-state index in [1.807, 2.05) is 0 Å². The number of hydrogen-bond donors (Lipinski definition) is 0. The predicted molar refractivity (Wildman–Crippen MR) is 172 cm³/mol. The summed E-state index contributed by atoms with van der Waals surface area (Å²) in [4.78, 5) is 32.6. The van der Waals surface area contributed by atoms with Crippen molar-refractivity contribution >= 4 is 17.7 Å². The molecule has 0 aromatic heterocycles. The van der Waals surface area contributed by atoms with Gasteiger partial charge in [0.2, 0.25) is 0 Å². The van der Waals surface area contributed by atoms with E-state index >= 15 is 0 Å². The summed E-state index contributed by atoms with van der Waals surface area (Å²) in [5, 5.41) is 0. The molecule has 0 aliphatic heterocycles. The van der Waals surface area contributed by atoms with Gasteiger partial charge in [0.25, 0.3) is 0 Å². The first kappa shape index (κ1) is 39.1. The molecule has 2 saturated carbocycles. The van der Waals surface area contributed by atoms with Gasteiger partial charge in [0.15, 0.2) is 0 Å². The molecule has 238 valence electrons. The molecule has 0 aromatic rings. The lowest BCUT2D eigenvalue weighted by molar-refractivity contribution is -0.139. The van der Waals surface area contributed by atoms with Crippen LogP contribution in [0.5, 0.6) is 0 Å². The topological polar surface area (TPSA) is 69.7 Å². The fourth-order valence-electron chi connectivity index (χ4n) is 5.92. The molecule has 2 aliphatic rings. The minimum Gasteiger partial charge on any atom is -0.466 e. The number of hydrogen-bond acceptors (Lipinski definition) is 5. The average Bonchev–Trinajstić information content (AvgIpc) is 3.28. The third kappa shape index (κ3) is 15.8. The van der Waals surface area contributed by atoms with E-state index in [4.69, 9.17) is 4.74 Å². The highest BCUT2D eigenvalue weighted by atomic mass is 16.5. The second-order valence-corrected chi connectivity index (χ2v) is 12.9. The molecule has 0 spiro atoms. The Balaban J connectivity index is 0.000000758. The van der Waals surface area contributed by atoms with E-state index in [9.17, 15) is 14.4 Å². The molecule has 2 fully saturated rings. The summed E-state index contributed by atoms with van der Waals surface area (Å²) >= 11 is 0. The monoisotopic (exact) mass is 576 g/mol. The summed E-state index contributed by atoms with van der Waals surface area (Å²) in [6.45, 7) is 17.9. The van der Waals surface area contributed by atoms with Crippen molar-refractivity contribution in [1.29, 1.82) is 0 Å². The molecule has 41 heavy (non-hydrogen) atoms. The first-order valence-corrected chi connectivity index (χ1v) is 16.5. The lowest BCUT2D eigenvalue weighted by Crippen LogP contribution is -2.32. The molecule has 5 heteroatoms. The van der Waals surface area contributed by atoms with Crippen molar-refractivity contribution in [3.63, 3.8) is 0 Å². The van der Waals surface area contributed by atoms with Crippen LogP contribution in [0.25, 0.3) is 0 Å². The molecule has 2 unspecified atom stereocenters. The number of esters is 2. The van der Waals surface area contributed by atoms with E-state index in [1.165, 1.54) is 110 Å². The maximum atomic E-state index is 11.6. The van der Waals surface area contributed by atoms with Gasteiger partial charge in [0.1, 0.15) is 5.78 Å². The number of carbonyl (C=O) groups is 3. The Kier molecular flexibility index (Phi) is 21.6. The van der Waals surface area contributed by atoms with Gasteiger partial charge in [-0.25, -0.2) is 9.59 Å². The third-order valence-electron chi connectivity index (χ3n) is 9.43. The average molecular weight is 577 g/mol. The Morgan fingerprint density at radius 2 is 1.29 bits per heavy atom. The molecule has 2 rings (SSSR count). The van der Waals surface area contributed by atoms with E-state index in [-0.39, 0.29) is 16.8 Å². The van der Waals surface area contributed by atoms with Crippen molar-refractivity contribution in [2.45, 2.75) is 157 Å². The summed E-state index contributed by atoms with van der Waals surface area (Å²) in [5.74, 6) is 0.546. The van der Waals surface area contributed by atoms with Crippen molar-refractivity contribution in [2.75, 3.05) is 13.7 Å². The van der Waals surface area contributed by atoms with Crippen LogP contribution in [0.1, 0.15) is 157 Å². The number of unbranched alkanes of at least 4 members (excludes halogenated alkanes) is 15. The van der Waals surface area contributed by atoms with Crippen LogP contribution in [0.3, 0.4) is 0 Å². The molecule has 2 aliphatic carbocycles. The second kappa shape index (κ2) is 22.7. The third-order valence-corrected chi connectivity index (χ3v) is 9.43. The van der Waals surface area contributed by atoms with Gasteiger partial charge in [0.05, 0.1) is 13.7 Å². The molecule has 0 heterocycles. The fraction of sp³-hybridized carbons (Fsp3) is 0.806. The van der Waals surface area contributed by atoms with E-state index in [2.05, 4.69) is 45.6 Å². The first-order valence-electron chi connectivity index (χ1n) is 16.5. The van der Waals surface area contributed by atoms with Gasteiger partial charge in [-0.15, -0.1) is 0 Å². The Labute approximate surface area is 253 Å². The molecule has 2 bridgehead atoms. The molecular formula is C36H64O5. The van der Waals surface area contributed by atoms with Crippen LogP contribution in [-0.2, 0) is 23.9 Å². The van der Waals surface area contributed by atoms with Crippen LogP contribution in [0, 0.1) is 16.7 Å². The maximum Gasteiger partial charge on any atom is 0.333 e. The van der Waals surface area contributed by atoms with Crippen molar-refractivity contribution in [2.24, 2.45) is 16.7 Å². The lowest BCUT2D eigenvalue weighted by Gasteiger charge is -2.32. The van der Waals surface area contributed by atoms with Crippen LogP contribution >= 0.6 is 0 Å². The maximum absolute atomic E-state index is 11.6. The normalized spacial score (nSPS) is 19.9. The van der Waals surface area contributed by atoms with Crippen molar-refractivity contribution in [3.05, 3.63) is 24.8 Å². The summed E-state index contributed by atoms with van der Waals surface area (Å²) in [5.41, 5.74) is 0.799. The molecule has 2 atom stereocenters. The Hall–Kier alpha value is -1.91. The standard InChI is InChI=1S/C22H42O2.C10H16O.C4H6O2/c1-4-5-6-7-8-9-10-11-12-13-14-15-16-17-18-19-20-24-22(23)21(2)3;1-9(2)7-4-5-10(9,3)8(11)6-7;1-3-4(5)6-2/h2,4-20H2,1,3H3;7H,4-6H2,1-3H3;3H,1H2,2H3. The highest BCUT2D eigenvalue weighted by Gasteiger charge is 2.61. The van der Waals surface area contributed by atoms with Crippen LogP contribution in [-0.4, -0.2) is 31.4 Å². The van der Waals surface area contributed by atoms with Gasteiger partial charge >= 0.3 is 11.9 Å². The largest absolute Gasteiger partial charge is 0.466 e. The van der Waals surface area contributed by atoms with Crippen molar-refractivity contribution in [1.82, 2.24) is 0 Å². The van der Waals surface area contributed by atoms with Gasteiger partial charge in [0, 0.05) is 23.5 Å². The first-order chi connectivity index (χ1) is 19.5. The van der Waals surface area contributed by atoms with Crippen LogP contribution in [0.4, 0.5) is 0 Å². The van der Waals surface area contributed by atoms with Gasteiger partial charge in [-0.1, -0.05) is 137 Å². The van der Waals surface area contributed by atoms with E-state index in [0.29, 0.717) is 23.9 Å². The van der Waals surface area contributed by atoms with Gasteiger partial charge in [-0.05, 0) is 37.5 Å². The molecule has 0 saturated heterocycles. The van der Waals surface area contributed by atoms with E-state index < -0.39 is 5.97 Å². The summed E-state index contributed by atoms with van der Waals surface area (Å²) in [7, 11) is 1.31. The summed E-state index contributed by atoms with van der Waals surface area (Å²) < 4.78 is 9.23. The summed E-state index contributed by atoms with van der Waals surface area (Å²) in [6.07, 6.45) is 26.1. The molecular weight excluding hydrogens is 512 g/mol. The van der Waals surface area contributed by atoms with E-state index in [0.717, 1.165) is 25.3 Å². The quantitative estimate of drug-likeness (QED) is 0.0869. The highest BCUT2D eigenvalue weighted by molar-refractivity contribution is 5.89. The SMILES string of the molecule is C=C(C)C(=O)OCCCCCCCCCCCCCCCCCC.C=CC(=O)OC.CC12CCC(CC1=O)C2(C)C. The van der Waals surface area contributed by atoms with Gasteiger partial charge in [-0.2, -0.15) is 0 Å². The number of ether oxygens (including phenoxy) is 2. The predicted octanol–water partition coefficient (Wildman–Crippen LogP) is 10.1. The van der Waals surface area contributed by atoms with Crippen LogP contribution in [0.2, 0.25) is 0 Å². The molecule has 0 N–H and O–H groups in total. The zero-order chi connectivity index (χ0) is 31.2. The van der Waals surface area contributed by atoms with E-state index in [1.54, 1.807) is 6.92 Å². The zero-order valence-corrected chi connectivity index (χ0v) is 27.8. The number of fused-ring (bicyclic) bond motifs is 2. The number of rotatable bonds is 19. The molecule has 0 radical (unpaired) electrons. The minimum atomic E-state index is -0.394. The molecule has 0 aromatic carbocycles. The number of Topliss-reactive ketones (excluding diaryl/α,β-unsaturated/α-hetero) is 1. The lowest BCUT2D eigenvalue weighted by atomic mass is 9.70. The minimum absolute atomic E-state index is 0.0255. The van der Waals surface area contributed by atoms with Gasteiger partial charge < -0.3 is 9.47 Å². The van der Waals surface area contributed by atoms with Gasteiger partial charge in [-0.3, -0.25) is 4.79 Å². The smallest absolute Gasteiger partial charge is 0.333 e. The van der Waals surface area contributed by atoms with Crippen LogP contribution < -0.4 is 0 Å². The molecule has 0 amide bonds. The number of methoxy groups -OCH3 is 1. The Morgan fingerprint density at radius 3 is 1.54 bits per heavy atom. The Morgan fingerprint density at radius 1 is 0.854 bits per heavy atom. The zero-order valence-electron chi connectivity index (χ0n) is 27.8. The highest BCUT2D eigenvalue weighted by Crippen LogP contribution is 2.63. The van der Waals surface area contributed by atoms with Crippen molar-refractivity contribution < 1.29 is 23.9 Å². The number of ketones is 1. The van der Waals surface area contributed by atoms with Crippen molar-refractivity contribution in [3.8, 4) is 0 Å². The van der Waals surface area contributed by atoms with Crippen LogP contribution in [0.15, 0.2) is 24.8 Å². The second-order valence-electron chi connectivity index (χ2n) is 12.9. The number of carbonyl (C=O) groups excluding carboxylic acids is 3.